The number of hydrogen-bond donors (Lipinski definition) is 1. The van der Waals surface area contributed by atoms with Gasteiger partial charge in [0.05, 0.1) is 6.04 Å². The molecule has 0 amide bonds. The Morgan fingerprint density at radius 1 is 1.06 bits per heavy atom. The minimum Gasteiger partial charge on any atom is -0.378 e. The third-order valence-corrected chi connectivity index (χ3v) is 3.65. The van der Waals surface area contributed by atoms with Crippen LogP contribution in [0, 0.1) is 0 Å². The van der Waals surface area contributed by atoms with Gasteiger partial charge in [-0.25, -0.2) is 0 Å². The summed E-state index contributed by atoms with van der Waals surface area (Å²) < 4.78 is 1.09. The molecular formula is C15H15BrClN. The van der Waals surface area contributed by atoms with Gasteiger partial charge in [0, 0.05) is 15.2 Å². The van der Waals surface area contributed by atoms with Crippen molar-refractivity contribution in [3.05, 3.63) is 63.6 Å². The van der Waals surface area contributed by atoms with Crippen molar-refractivity contribution in [1.29, 1.82) is 0 Å². The number of anilines is 1. The van der Waals surface area contributed by atoms with E-state index in [1.54, 1.807) is 0 Å². The lowest BCUT2D eigenvalue weighted by Gasteiger charge is -2.19. The van der Waals surface area contributed by atoms with Crippen LogP contribution in [0.3, 0.4) is 0 Å². The lowest BCUT2D eigenvalue weighted by molar-refractivity contribution is 0.749. The highest BCUT2D eigenvalue weighted by atomic mass is 79.9. The van der Waals surface area contributed by atoms with Gasteiger partial charge < -0.3 is 5.32 Å². The maximum atomic E-state index is 5.91. The lowest BCUT2D eigenvalue weighted by Crippen LogP contribution is -2.09. The second kappa shape index (κ2) is 6.26. The maximum absolute atomic E-state index is 5.91. The molecule has 0 saturated heterocycles. The monoisotopic (exact) mass is 323 g/mol. The minimum atomic E-state index is 0.309. The Labute approximate surface area is 121 Å². The number of nitrogens with one attached hydrogen (secondary N) is 1. The lowest BCUT2D eigenvalue weighted by atomic mass is 10.0. The molecule has 2 aromatic carbocycles. The largest absolute Gasteiger partial charge is 0.378 e. The van der Waals surface area contributed by atoms with Crippen molar-refractivity contribution in [3.63, 3.8) is 0 Å². The topological polar surface area (TPSA) is 12.0 Å². The first-order chi connectivity index (χ1) is 8.69. The molecule has 0 bridgehead atoms. The van der Waals surface area contributed by atoms with Gasteiger partial charge in [-0.15, -0.1) is 0 Å². The van der Waals surface area contributed by atoms with Crippen LogP contribution in [0.15, 0.2) is 53.0 Å². The third-order valence-electron chi connectivity index (χ3n) is 2.87. The first-order valence-electron chi connectivity index (χ1n) is 5.96. The molecule has 0 spiro atoms. The number of hydrogen-bond acceptors (Lipinski definition) is 1. The molecule has 1 N–H and O–H groups in total. The van der Waals surface area contributed by atoms with Gasteiger partial charge >= 0.3 is 0 Å². The first kappa shape index (κ1) is 13.4. The summed E-state index contributed by atoms with van der Waals surface area (Å²) in [4.78, 5) is 0. The van der Waals surface area contributed by atoms with Crippen LogP contribution in [0.2, 0.25) is 5.02 Å². The van der Waals surface area contributed by atoms with Crippen LogP contribution >= 0.6 is 27.5 Å². The predicted molar refractivity (Wildman–Crippen MR) is 82.2 cm³/mol. The van der Waals surface area contributed by atoms with E-state index in [-0.39, 0.29) is 0 Å². The first-order valence-corrected chi connectivity index (χ1v) is 7.13. The van der Waals surface area contributed by atoms with Crippen molar-refractivity contribution in [2.45, 2.75) is 19.4 Å². The summed E-state index contributed by atoms with van der Waals surface area (Å²) in [5.41, 5.74) is 2.38. The smallest absolute Gasteiger partial charge is 0.0511 e. The molecule has 2 aromatic rings. The van der Waals surface area contributed by atoms with Gasteiger partial charge in [0.15, 0.2) is 0 Å². The van der Waals surface area contributed by atoms with Crippen molar-refractivity contribution in [1.82, 2.24) is 0 Å². The summed E-state index contributed by atoms with van der Waals surface area (Å²) in [7, 11) is 0. The van der Waals surface area contributed by atoms with Crippen molar-refractivity contribution < 1.29 is 0 Å². The van der Waals surface area contributed by atoms with Crippen molar-refractivity contribution in [3.8, 4) is 0 Å². The second-order valence-corrected chi connectivity index (χ2v) is 5.52. The van der Waals surface area contributed by atoms with Crippen molar-refractivity contribution in [2.75, 3.05) is 5.32 Å². The molecule has 0 radical (unpaired) electrons. The summed E-state index contributed by atoms with van der Waals surface area (Å²) in [6.45, 7) is 2.17. The van der Waals surface area contributed by atoms with Crippen LogP contribution in [0.1, 0.15) is 24.9 Å². The molecule has 18 heavy (non-hydrogen) atoms. The van der Waals surface area contributed by atoms with E-state index in [0.717, 1.165) is 21.6 Å². The fourth-order valence-corrected chi connectivity index (χ4v) is 2.25. The predicted octanol–water partition coefficient (Wildman–Crippen LogP) is 5.67. The molecule has 0 aliphatic carbocycles. The van der Waals surface area contributed by atoms with E-state index in [2.05, 4.69) is 52.4 Å². The maximum Gasteiger partial charge on any atom is 0.0511 e. The number of benzene rings is 2. The minimum absolute atomic E-state index is 0.309. The van der Waals surface area contributed by atoms with Crippen LogP contribution in [-0.2, 0) is 0 Å². The zero-order valence-electron chi connectivity index (χ0n) is 10.2. The average molecular weight is 325 g/mol. The van der Waals surface area contributed by atoms with Gasteiger partial charge in [-0.1, -0.05) is 46.6 Å². The zero-order valence-corrected chi connectivity index (χ0v) is 12.5. The standard InChI is InChI=1S/C15H15BrClN/c1-2-15(11-3-7-13(17)8-4-11)18-14-9-5-12(16)6-10-14/h3-10,15,18H,2H2,1H3. The van der Waals surface area contributed by atoms with E-state index in [0.29, 0.717) is 6.04 Å². The van der Waals surface area contributed by atoms with Gasteiger partial charge in [0.25, 0.3) is 0 Å². The summed E-state index contributed by atoms with van der Waals surface area (Å²) in [6.07, 6.45) is 1.03. The molecule has 0 aliphatic heterocycles. The fourth-order valence-electron chi connectivity index (χ4n) is 1.86. The molecule has 1 nitrogen and oxygen atoms in total. The van der Waals surface area contributed by atoms with E-state index in [1.807, 2.05) is 24.3 Å². The number of halogens is 2. The Morgan fingerprint density at radius 3 is 2.22 bits per heavy atom. The Hall–Kier alpha value is -0.990. The molecule has 1 unspecified atom stereocenters. The Morgan fingerprint density at radius 2 is 1.67 bits per heavy atom. The summed E-state index contributed by atoms with van der Waals surface area (Å²) in [5.74, 6) is 0. The Balaban J connectivity index is 2.14. The van der Waals surface area contributed by atoms with E-state index >= 15 is 0 Å². The summed E-state index contributed by atoms with van der Waals surface area (Å²) in [5, 5.41) is 4.30. The van der Waals surface area contributed by atoms with Gasteiger partial charge in [0.1, 0.15) is 0 Å². The molecule has 0 aromatic heterocycles. The molecule has 0 heterocycles. The molecule has 3 heteroatoms. The Bertz CT molecular complexity index is 493. The Kier molecular flexibility index (Phi) is 4.67. The molecule has 0 aliphatic rings. The second-order valence-electron chi connectivity index (χ2n) is 4.16. The summed E-state index contributed by atoms with van der Waals surface area (Å²) in [6, 6.07) is 16.5. The van der Waals surface area contributed by atoms with Gasteiger partial charge in [0.2, 0.25) is 0 Å². The molecular weight excluding hydrogens is 310 g/mol. The van der Waals surface area contributed by atoms with Gasteiger partial charge in [-0.3, -0.25) is 0 Å². The van der Waals surface area contributed by atoms with Crippen LogP contribution in [-0.4, -0.2) is 0 Å². The molecule has 2 rings (SSSR count). The third kappa shape index (κ3) is 3.50. The van der Waals surface area contributed by atoms with Crippen LogP contribution in [0.4, 0.5) is 5.69 Å². The fraction of sp³-hybridized carbons (Fsp3) is 0.200. The normalized spacial score (nSPS) is 12.2. The molecule has 0 fully saturated rings. The van der Waals surface area contributed by atoms with Crippen LogP contribution < -0.4 is 5.32 Å². The highest BCUT2D eigenvalue weighted by Crippen LogP contribution is 2.24. The average Bonchev–Trinajstić information content (AvgIpc) is 2.39. The summed E-state index contributed by atoms with van der Waals surface area (Å²) >= 11 is 9.35. The van der Waals surface area contributed by atoms with Gasteiger partial charge in [-0.05, 0) is 48.4 Å². The van der Waals surface area contributed by atoms with E-state index < -0.39 is 0 Å². The highest BCUT2D eigenvalue weighted by molar-refractivity contribution is 9.10. The van der Waals surface area contributed by atoms with E-state index in [1.165, 1.54) is 5.56 Å². The van der Waals surface area contributed by atoms with E-state index in [9.17, 15) is 0 Å². The van der Waals surface area contributed by atoms with Gasteiger partial charge in [-0.2, -0.15) is 0 Å². The van der Waals surface area contributed by atoms with E-state index in [4.69, 9.17) is 11.6 Å². The highest BCUT2D eigenvalue weighted by Gasteiger charge is 2.08. The quantitative estimate of drug-likeness (QED) is 0.764. The molecule has 0 saturated carbocycles. The van der Waals surface area contributed by atoms with Crippen molar-refractivity contribution >= 4 is 33.2 Å². The molecule has 1 atom stereocenters. The number of rotatable bonds is 4. The SMILES string of the molecule is CCC(Nc1ccc(Br)cc1)c1ccc(Cl)cc1. The zero-order chi connectivity index (χ0) is 13.0. The van der Waals surface area contributed by atoms with Crippen LogP contribution in [0.5, 0.6) is 0 Å². The van der Waals surface area contributed by atoms with Crippen LogP contribution in [0.25, 0.3) is 0 Å². The molecule has 94 valence electrons. The van der Waals surface area contributed by atoms with Crippen molar-refractivity contribution in [2.24, 2.45) is 0 Å².